The highest BCUT2D eigenvalue weighted by molar-refractivity contribution is 6.30. The summed E-state index contributed by atoms with van der Waals surface area (Å²) in [6, 6.07) is 12.1. The van der Waals surface area contributed by atoms with E-state index < -0.39 is 0 Å². The van der Waals surface area contributed by atoms with E-state index in [4.69, 9.17) is 16.3 Å². The van der Waals surface area contributed by atoms with Crippen LogP contribution in [0.3, 0.4) is 0 Å². The minimum absolute atomic E-state index is 0.0539. The van der Waals surface area contributed by atoms with Crippen molar-refractivity contribution in [2.75, 3.05) is 6.61 Å². The summed E-state index contributed by atoms with van der Waals surface area (Å²) in [5, 5.41) is 18.9. The van der Waals surface area contributed by atoms with Crippen molar-refractivity contribution >= 4 is 23.0 Å². The molecule has 0 amide bonds. The maximum Gasteiger partial charge on any atom is 0.146 e. The van der Waals surface area contributed by atoms with E-state index in [1.54, 1.807) is 42.5 Å². The van der Waals surface area contributed by atoms with Gasteiger partial charge in [-0.2, -0.15) is 5.11 Å². The minimum atomic E-state index is 0.0539. The third kappa shape index (κ3) is 7.14. The van der Waals surface area contributed by atoms with Crippen LogP contribution in [-0.2, 0) is 0 Å². The fourth-order valence-electron chi connectivity index (χ4n) is 2.37. The largest absolute Gasteiger partial charge is 0.505 e. The van der Waals surface area contributed by atoms with Crippen LogP contribution in [0.2, 0.25) is 5.02 Å². The Balaban J connectivity index is 1.80. The van der Waals surface area contributed by atoms with Gasteiger partial charge in [-0.1, -0.05) is 50.6 Å². The van der Waals surface area contributed by atoms with E-state index in [0.29, 0.717) is 28.8 Å². The SMILES string of the molecule is CCCCCCCCOc1ccc(N=Nc2ccc(Cl)cc2)c(O)c1. The lowest BCUT2D eigenvalue weighted by Gasteiger charge is -2.07. The Bertz CT molecular complexity index is 672. The van der Waals surface area contributed by atoms with Gasteiger partial charge in [-0.25, -0.2) is 0 Å². The number of aromatic hydroxyl groups is 1. The normalized spacial score (nSPS) is 11.1. The van der Waals surface area contributed by atoms with E-state index in [9.17, 15) is 5.11 Å². The van der Waals surface area contributed by atoms with Crippen LogP contribution >= 0.6 is 11.6 Å². The number of benzene rings is 2. The Labute approximate surface area is 154 Å². The zero-order valence-electron chi connectivity index (χ0n) is 14.6. The van der Waals surface area contributed by atoms with Gasteiger partial charge in [-0.15, -0.1) is 5.11 Å². The maximum atomic E-state index is 10.1. The molecule has 0 aliphatic rings. The van der Waals surface area contributed by atoms with Gasteiger partial charge < -0.3 is 9.84 Å². The molecule has 0 bridgehead atoms. The first-order chi connectivity index (χ1) is 12.2. The van der Waals surface area contributed by atoms with Gasteiger partial charge in [0.25, 0.3) is 0 Å². The van der Waals surface area contributed by atoms with Crippen LogP contribution in [0.15, 0.2) is 52.7 Å². The zero-order valence-corrected chi connectivity index (χ0v) is 15.4. The van der Waals surface area contributed by atoms with E-state index in [0.717, 1.165) is 6.42 Å². The molecule has 5 heteroatoms. The molecule has 2 aromatic rings. The first-order valence-corrected chi connectivity index (χ1v) is 9.20. The molecule has 134 valence electrons. The topological polar surface area (TPSA) is 54.2 Å². The molecule has 0 radical (unpaired) electrons. The molecular weight excluding hydrogens is 336 g/mol. The summed E-state index contributed by atoms with van der Waals surface area (Å²) >= 11 is 5.83. The molecule has 25 heavy (non-hydrogen) atoms. The van der Waals surface area contributed by atoms with Gasteiger partial charge in [0.15, 0.2) is 0 Å². The Kier molecular flexibility index (Phi) is 8.26. The number of hydrogen-bond donors (Lipinski definition) is 1. The molecule has 0 atom stereocenters. The summed E-state index contributed by atoms with van der Waals surface area (Å²) in [7, 11) is 0. The summed E-state index contributed by atoms with van der Waals surface area (Å²) in [5.41, 5.74) is 1.08. The molecule has 0 aromatic heterocycles. The van der Waals surface area contributed by atoms with Gasteiger partial charge in [0.2, 0.25) is 0 Å². The highest BCUT2D eigenvalue weighted by Gasteiger charge is 2.03. The second-order valence-electron chi connectivity index (χ2n) is 5.94. The van der Waals surface area contributed by atoms with Gasteiger partial charge in [0.05, 0.1) is 12.3 Å². The molecule has 0 saturated carbocycles. The van der Waals surface area contributed by atoms with Crippen molar-refractivity contribution in [1.29, 1.82) is 0 Å². The van der Waals surface area contributed by atoms with Crippen molar-refractivity contribution in [3.63, 3.8) is 0 Å². The van der Waals surface area contributed by atoms with E-state index in [2.05, 4.69) is 17.2 Å². The number of phenols is 1. The third-order valence-corrected chi connectivity index (χ3v) is 4.07. The van der Waals surface area contributed by atoms with Crippen molar-refractivity contribution in [1.82, 2.24) is 0 Å². The predicted molar refractivity (Wildman–Crippen MR) is 103 cm³/mol. The van der Waals surface area contributed by atoms with Gasteiger partial charge in [0.1, 0.15) is 17.2 Å². The minimum Gasteiger partial charge on any atom is -0.505 e. The summed E-state index contributed by atoms with van der Waals surface area (Å²) in [5.74, 6) is 0.703. The van der Waals surface area contributed by atoms with Crippen LogP contribution in [0, 0.1) is 0 Å². The molecule has 0 fully saturated rings. The summed E-state index contributed by atoms with van der Waals surface area (Å²) in [6.45, 7) is 2.88. The highest BCUT2D eigenvalue weighted by atomic mass is 35.5. The van der Waals surface area contributed by atoms with Crippen molar-refractivity contribution in [3.8, 4) is 11.5 Å². The van der Waals surface area contributed by atoms with E-state index in [-0.39, 0.29) is 5.75 Å². The number of unbranched alkanes of at least 4 members (excludes halogenated alkanes) is 5. The molecule has 0 aliphatic carbocycles. The molecule has 4 nitrogen and oxygen atoms in total. The molecule has 0 aliphatic heterocycles. The first-order valence-electron chi connectivity index (χ1n) is 8.82. The lowest BCUT2D eigenvalue weighted by molar-refractivity contribution is 0.303. The van der Waals surface area contributed by atoms with E-state index >= 15 is 0 Å². The van der Waals surface area contributed by atoms with Gasteiger partial charge in [-0.05, 0) is 42.8 Å². The van der Waals surface area contributed by atoms with Crippen LogP contribution in [-0.4, -0.2) is 11.7 Å². The average molecular weight is 361 g/mol. The number of rotatable bonds is 10. The molecule has 1 N–H and O–H groups in total. The number of hydrogen-bond acceptors (Lipinski definition) is 4. The molecule has 2 aromatic carbocycles. The third-order valence-electron chi connectivity index (χ3n) is 3.81. The highest BCUT2D eigenvalue weighted by Crippen LogP contribution is 2.32. The fourth-order valence-corrected chi connectivity index (χ4v) is 2.50. The van der Waals surface area contributed by atoms with Gasteiger partial charge in [-0.3, -0.25) is 0 Å². The molecule has 0 heterocycles. The standard InChI is InChI=1S/C20H25ClN2O2/c1-2-3-4-5-6-7-14-25-18-12-13-19(20(24)15-18)23-22-17-10-8-16(21)9-11-17/h8-13,15,24H,2-7,14H2,1H3. The zero-order chi connectivity index (χ0) is 17.9. The van der Waals surface area contributed by atoms with Crippen LogP contribution < -0.4 is 4.74 Å². The first kappa shape index (κ1) is 19.3. The molecular formula is C20H25ClN2O2. The second-order valence-corrected chi connectivity index (χ2v) is 6.38. The van der Waals surface area contributed by atoms with Crippen molar-refractivity contribution in [2.24, 2.45) is 10.2 Å². The van der Waals surface area contributed by atoms with Gasteiger partial charge >= 0.3 is 0 Å². The van der Waals surface area contributed by atoms with Crippen LogP contribution in [0.4, 0.5) is 11.4 Å². The molecule has 0 spiro atoms. The number of halogens is 1. The van der Waals surface area contributed by atoms with Crippen LogP contribution in [0.5, 0.6) is 11.5 Å². The Morgan fingerprint density at radius 3 is 2.36 bits per heavy atom. The average Bonchev–Trinajstić information content (AvgIpc) is 2.61. The summed E-state index contributed by atoms with van der Waals surface area (Å²) in [4.78, 5) is 0. The van der Waals surface area contributed by atoms with Crippen LogP contribution in [0.1, 0.15) is 45.4 Å². The summed E-state index contributed by atoms with van der Waals surface area (Å²) in [6.07, 6.45) is 7.33. The quantitative estimate of drug-likeness (QED) is 0.359. The molecule has 2 rings (SSSR count). The van der Waals surface area contributed by atoms with Crippen molar-refractivity contribution in [2.45, 2.75) is 45.4 Å². The number of azo groups is 1. The maximum absolute atomic E-state index is 10.1. The fraction of sp³-hybridized carbons (Fsp3) is 0.400. The van der Waals surface area contributed by atoms with E-state index in [1.807, 2.05) is 0 Å². The monoisotopic (exact) mass is 360 g/mol. The van der Waals surface area contributed by atoms with Crippen molar-refractivity contribution < 1.29 is 9.84 Å². The summed E-state index contributed by atoms with van der Waals surface area (Å²) < 4.78 is 5.68. The second kappa shape index (κ2) is 10.7. The Hall–Kier alpha value is -2.07. The van der Waals surface area contributed by atoms with E-state index in [1.165, 1.54) is 32.1 Å². The van der Waals surface area contributed by atoms with Crippen LogP contribution in [0.25, 0.3) is 0 Å². The lowest BCUT2D eigenvalue weighted by atomic mass is 10.1. The Morgan fingerprint density at radius 1 is 0.920 bits per heavy atom. The Morgan fingerprint density at radius 2 is 1.64 bits per heavy atom. The number of nitrogens with zero attached hydrogens (tertiary/aromatic N) is 2. The lowest BCUT2D eigenvalue weighted by Crippen LogP contribution is -1.97. The molecule has 0 saturated heterocycles. The number of phenolic OH excluding ortho intramolecular Hbond substituents is 1. The van der Waals surface area contributed by atoms with Crippen molar-refractivity contribution in [3.05, 3.63) is 47.5 Å². The number of ether oxygens (including phenoxy) is 1. The smallest absolute Gasteiger partial charge is 0.146 e. The van der Waals surface area contributed by atoms with Gasteiger partial charge in [0, 0.05) is 11.1 Å². The molecule has 0 unspecified atom stereocenters. The predicted octanol–water partition coefficient (Wildman–Crippen LogP) is 7.20.